The van der Waals surface area contributed by atoms with Gasteiger partial charge in [-0.25, -0.2) is 0 Å². The van der Waals surface area contributed by atoms with E-state index >= 15 is 0 Å². The van der Waals surface area contributed by atoms with Crippen LogP contribution in [0.5, 0.6) is 0 Å². The molecule has 2 atom stereocenters. The number of anilines is 2. The molecule has 0 spiro atoms. The summed E-state index contributed by atoms with van der Waals surface area (Å²) in [7, 11) is 0. The Bertz CT molecular complexity index is 620. The molecule has 6 heteroatoms. The summed E-state index contributed by atoms with van der Waals surface area (Å²) in [6.45, 7) is 3.18. The van der Waals surface area contributed by atoms with E-state index < -0.39 is 17.8 Å². The van der Waals surface area contributed by atoms with Gasteiger partial charge in [-0.1, -0.05) is 12.2 Å². The van der Waals surface area contributed by atoms with E-state index in [0.717, 1.165) is 32.0 Å². The molecule has 1 aromatic rings. The smallest absolute Gasteiger partial charge is 0.307 e. The van der Waals surface area contributed by atoms with Crippen molar-refractivity contribution in [2.45, 2.75) is 12.8 Å². The molecule has 1 saturated heterocycles. The first kappa shape index (κ1) is 16.5. The second kappa shape index (κ2) is 7.49. The van der Waals surface area contributed by atoms with E-state index in [2.05, 4.69) is 10.2 Å². The van der Waals surface area contributed by atoms with Crippen LogP contribution in [0, 0.1) is 11.8 Å². The summed E-state index contributed by atoms with van der Waals surface area (Å²) >= 11 is 0. The number of rotatable bonds is 4. The molecule has 3 rings (SSSR count). The molecule has 6 nitrogen and oxygen atoms in total. The first-order chi connectivity index (χ1) is 11.6. The summed E-state index contributed by atoms with van der Waals surface area (Å²) < 4.78 is 5.34. The number of benzene rings is 1. The monoisotopic (exact) mass is 330 g/mol. The minimum absolute atomic E-state index is 0.231. The highest BCUT2D eigenvalue weighted by atomic mass is 16.5. The Kier molecular flexibility index (Phi) is 5.15. The van der Waals surface area contributed by atoms with Crippen molar-refractivity contribution in [1.82, 2.24) is 0 Å². The van der Waals surface area contributed by atoms with E-state index in [9.17, 15) is 14.7 Å². The molecule has 1 aliphatic heterocycles. The van der Waals surface area contributed by atoms with Crippen LogP contribution in [0.3, 0.4) is 0 Å². The van der Waals surface area contributed by atoms with Crippen molar-refractivity contribution in [3.05, 3.63) is 36.4 Å². The Morgan fingerprint density at radius 1 is 1.04 bits per heavy atom. The molecule has 128 valence electrons. The van der Waals surface area contributed by atoms with Gasteiger partial charge in [-0.3, -0.25) is 9.59 Å². The van der Waals surface area contributed by atoms with Crippen molar-refractivity contribution in [1.29, 1.82) is 0 Å². The lowest BCUT2D eigenvalue weighted by atomic mass is 9.82. The highest BCUT2D eigenvalue weighted by Gasteiger charge is 2.33. The summed E-state index contributed by atoms with van der Waals surface area (Å²) in [6.07, 6.45) is 4.59. The molecule has 0 saturated carbocycles. The van der Waals surface area contributed by atoms with E-state index in [1.807, 2.05) is 36.4 Å². The number of morpholine rings is 1. The van der Waals surface area contributed by atoms with Gasteiger partial charge in [0.15, 0.2) is 0 Å². The Labute approximate surface area is 141 Å². The Hall–Kier alpha value is -2.34. The lowest BCUT2D eigenvalue weighted by Gasteiger charge is -2.29. The van der Waals surface area contributed by atoms with Gasteiger partial charge in [-0.15, -0.1) is 0 Å². The van der Waals surface area contributed by atoms with E-state index in [4.69, 9.17) is 4.74 Å². The second-order valence-corrected chi connectivity index (χ2v) is 6.13. The van der Waals surface area contributed by atoms with Gasteiger partial charge in [0.25, 0.3) is 0 Å². The molecule has 0 unspecified atom stereocenters. The maximum atomic E-state index is 12.4. The Morgan fingerprint density at radius 2 is 1.67 bits per heavy atom. The molecular formula is C18H22N2O4. The Balaban J connectivity index is 1.63. The van der Waals surface area contributed by atoms with Crippen molar-refractivity contribution >= 4 is 23.3 Å². The molecule has 1 amide bonds. The number of nitrogens with one attached hydrogen (secondary N) is 1. The minimum atomic E-state index is -0.915. The zero-order chi connectivity index (χ0) is 16.9. The molecule has 1 aromatic carbocycles. The summed E-state index contributed by atoms with van der Waals surface area (Å²) in [4.78, 5) is 26.0. The molecule has 1 heterocycles. The lowest BCUT2D eigenvalue weighted by molar-refractivity contribution is -0.146. The molecule has 0 bridgehead atoms. The molecule has 2 N–H and O–H groups in total. The van der Waals surface area contributed by atoms with Gasteiger partial charge in [0.05, 0.1) is 25.0 Å². The predicted molar refractivity (Wildman–Crippen MR) is 91.1 cm³/mol. The molecular weight excluding hydrogens is 308 g/mol. The molecule has 2 aliphatic rings. The quantitative estimate of drug-likeness (QED) is 0.827. The van der Waals surface area contributed by atoms with Crippen molar-refractivity contribution in [3.8, 4) is 0 Å². The van der Waals surface area contributed by atoms with Gasteiger partial charge in [-0.2, -0.15) is 0 Å². The first-order valence-corrected chi connectivity index (χ1v) is 8.26. The molecule has 0 radical (unpaired) electrons. The van der Waals surface area contributed by atoms with Crippen LogP contribution in [0.4, 0.5) is 11.4 Å². The number of carbonyl (C=O) groups is 2. The zero-order valence-electron chi connectivity index (χ0n) is 13.5. The van der Waals surface area contributed by atoms with Crippen molar-refractivity contribution in [2.24, 2.45) is 11.8 Å². The van der Waals surface area contributed by atoms with Crippen LogP contribution in [0.2, 0.25) is 0 Å². The number of ether oxygens (including phenoxy) is 1. The van der Waals surface area contributed by atoms with Crippen LogP contribution >= 0.6 is 0 Å². The topological polar surface area (TPSA) is 78.9 Å². The number of nitrogens with zero attached hydrogens (tertiary/aromatic N) is 1. The number of amides is 1. The van der Waals surface area contributed by atoms with Crippen LogP contribution in [0.1, 0.15) is 12.8 Å². The third kappa shape index (κ3) is 3.76. The van der Waals surface area contributed by atoms with Gasteiger partial charge >= 0.3 is 5.97 Å². The van der Waals surface area contributed by atoms with E-state index in [0.29, 0.717) is 18.5 Å². The summed E-state index contributed by atoms with van der Waals surface area (Å²) in [5.41, 5.74) is 1.79. The number of carboxylic acids is 1. The van der Waals surface area contributed by atoms with Crippen LogP contribution in [0.25, 0.3) is 0 Å². The van der Waals surface area contributed by atoms with E-state index in [-0.39, 0.29) is 5.91 Å². The minimum Gasteiger partial charge on any atom is -0.481 e. The normalized spacial score (nSPS) is 23.8. The number of hydrogen-bond acceptors (Lipinski definition) is 4. The van der Waals surface area contributed by atoms with Crippen LogP contribution in [-0.2, 0) is 14.3 Å². The third-order valence-electron chi connectivity index (χ3n) is 4.60. The number of allylic oxidation sites excluding steroid dienone is 2. The molecule has 24 heavy (non-hydrogen) atoms. The average Bonchev–Trinajstić information content (AvgIpc) is 2.63. The largest absolute Gasteiger partial charge is 0.481 e. The van der Waals surface area contributed by atoms with Crippen LogP contribution in [0.15, 0.2) is 36.4 Å². The zero-order valence-corrected chi connectivity index (χ0v) is 13.5. The lowest BCUT2D eigenvalue weighted by Crippen LogP contribution is -2.36. The SMILES string of the molecule is O=C(Nc1ccc(N2CCOCC2)cc1)[C@H]1CC=CC[C@H]1C(=O)O. The highest BCUT2D eigenvalue weighted by molar-refractivity contribution is 5.95. The fourth-order valence-electron chi connectivity index (χ4n) is 3.19. The average molecular weight is 330 g/mol. The first-order valence-electron chi connectivity index (χ1n) is 8.26. The van der Waals surface area contributed by atoms with Gasteiger partial charge < -0.3 is 20.1 Å². The van der Waals surface area contributed by atoms with Crippen LogP contribution < -0.4 is 10.2 Å². The van der Waals surface area contributed by atoms with Gasteiger partial charge in [0.2, 0.25) is 5.91 Å². The fraction of sp³-hybridized carbons (Fsp3) is 0.444. The van der Waals surface area contributed by atoms with Crippen LogP contribution in [-0.4, -0.2) is 43.3 Å². The fourth-order valence-corrected chi connectivity index (χ4v) is 3.19. The standard InChI is InChI=1S/C18H22N2O4/c21-17(15-3-1-2-4-16(15)18(22)23)19-13-5-7-14(8-6-13)20-9-11-24-12-10-20/h1-2,5-8,15-16H,3-4,9-12H2,(H,19,21)(H,22,23)/t15-,16+/m0/s1. The van der Waals surface area contributed by atoms with Gasteiger partial charge in [0.1, 0.15) is 0 Å². The van der Waals surface area contributed by atoms with Crippen molar-refractivity contribution in [3.63, 3.8) is 0 Å². The second-order valence-electron chi connectivity index (χ2n) is 6.13. The van der Waals surface area contributed by atoms with Gasteiger partial charge in [0, 0.05) is 24.5 Å². The molecule has 1 fully saturated rings. The summed E-state index contributed by atoms with van der Waals surface area (Å²) in [6, 6.07) is 7.65. The number of hydrogen-bond donors (Lipinski definition) is 2. The highest BCUT2D eigenvalue weighted by Crippen LogP contribution is 2.27. The maximum absolute atomic E-state index is 12.4. The van der Waals surface area contributed by atoms with E-state index in [1.165, 1.54) is 0 Å². The summed E-state index contributed by atoms with van der Waals surface area (Å²) in [5, 5.41) is 12.1. The van der Waals surface area contributed by atoms with Crippen molar-refractivity contribution < 1.29 is 19.4 Å². The van der Waals surface area contributed by atoms with Gasteiger partial charge in [-0.05, 0) is 37.1 Å². The summed E-state index contributed by atoms with van der Waals surface area (Å²) in [5.74, 6) is -2.32. The van der Waals surface area contributed by atoms with E-state index in [1.54, 1.807) is 0 Å². The van der Waals surface area contributed by atoms with Crippen molar-refractivity contribution in [2.75, 3.05) is 36.5 Å². The molecule has 0 aromatic heterocycles. The number of aliphatic carboxylic acids is 1. The number of carbonyl (C=O) groups excluding carboxylic acids is 1. The molecule has 1 aliphatic carbocycles. The third-order valence-corrected chi connectivity index (χ3v) is 4.60. The Morgan fingerprint density at radius 3 is 2.29 bits per heavy atom. The maximum Gasteiger partial charge on any atom is 0.307 e. The number of carboxylic acid groups (broad SMARTS) is 1. The predicted octanol–water partition coefficient (Wildman–Crippen LogP) is 2.13.